The average molecular weight is 154 g/mol. The summed E-state index contributed by atoms with van der Waals surface area (Å²) in [5.74, 6) is 0. The summed E-state index contributed by atoms with van der Waals surface area (Å²) >= 11 is 0. The first-order valence-electron chi connectivity index (χ1n) is 4.96. The number of allylic oxidation sites excluding steroid dienone is 2. The van der Waals surface area contributed by atoms with Gasteiger partial charge in [-0.15, -0.1) is 0 Å². The van der Waals surface area contributed by atoms with Gasteiger partial charge in [0.2, 0.25) is 0 Å². The van der Waals surface area contributed by atoms with Crippen molar-refractivity contribution in [3.63, 3.8) is 0 Å². The maximum Gasteiger partial charge on any atom is -0.0323 e. The van der Waals surface area contributed by atoms with E-state index in [1.54, 1.807) is 5.57 Å². The van der Waals surface area contributed by atoms with Crippen LogP contribution in [0.5, 0.6) is 0 Å². The van der Waals surface area contributed by atoms with Gasteiger partial charge >= 0.3 is 0 Å². The van der Waals surface area contributed by atoms with Gasteiger partial charge < -0.3 is 0 Å². The molecule has 0 aliphatic carbocycles. The third-order valence-electron chi connectivity index (χ3n) is 1.98. The summed E-state index contributed by atoms with van der Waals surface area (Å²) < 4.78 is 0. The maximum absolute atomic E-state index is 2.40. The molecule has 0 atom stereocenters. The molecule has 0 heterocycles. The van der Waals surface area contributed by atoms with E-state index in [9.17, 15) is 0 Å². The number of hydrogen-bond acceptors (Lipinski definition) is 0. The van der Waals surface area contributed by atoms with E-state index >= 15 is 0 Å². The third kappa shape index (κ3) is 7.64. The first-order valence-corrected chi connectivity index (χ1v) is 4.96. The molecule has 0 heteroatoms. The largest absolute Gasteiger partial charge is 0.0856 e. The monoisotopic (exact) mass is 154 g/mol. The first-order chi connectivity index (χ1) is 5.31. The van der Waals surface area contributed by atoms with Crippen molar-refractivity contribution in [2.45, 2.75) is 59.3 Å². The minimum atomic E-state index is 1.28. The highest BCUT2D eigenvalue weighted by Gasteiger charge is 1.87. The smallest absolute Gasteiger partial charge is 0.0323 e. The summed E-state index contributed by atoms with van der Waals surface area (Å²) in [7, 11) is 0. The second-order valence-corrected chi connectivity index (χ2v) is 3.30. The van der Waals surface area contributed by atoms with Crippen LogP contribution in [0.25, 0.3) is 0 Å². The van der Waals surface area contributed by atoms with Crippen LogP contribution in [0.3, 0.4) is 0 Å². The molecule has 0 aromatic rings. The van der Waals surface area contributed by atoms with Gasteiger partial charge in [0.05, 0.1) is 0 Å². The quantitative estimate of drug-likeness (QED) is 0.395. The Kier molecular flexibility index (Phi) is 7.66. The molecule has 0 nitrogen and oxygen atoms in total. The zero-order chi connectivity index (χ0) is 8.53. The second-order valence-electron chi connectivity index (χ2n) is 3.30. The zero-order valence-corrected chi connectivity index (χ0v) is 8.32. The molecule has 0 amide bonds. The molecular weight excluding hydrogens is 132 g/mol. The van der Waals surface area contributed by atoms with Crippen molar-refractivity contribution in [1.29, 1.82) is 0 Å². The Morgan fingerprint density at radius 1 is 1.09 bits per heavy atom. The van der Waals surface area contributed by atoms with Crippen LogP contribution < -0.4 is 0 Å². The molecule has 0 unspecified atom stereocenters. The molecule has 11 heavy (non-hydrogen) atoms. The standard InChI is InChI=1S/C11H22/c1-4-6-8-10-11(3)9-7-5-2/h10H,4-9H2,1-3H3/b11-10+. The van der Waals surface area contributed by atoms with Crippen molar-refractivity contribution in [3.8, 4) is 0 Å². The van der Waals surface area contributed by atoms with Crippen molar-refractivity contribution in [2.75, 3.05) is 0 Å². The fraction of sp³-hybridized carbons (Fsp3) is 0.818. The fourth-order valence-corrected chi connectivity index (χ4v) is 1.11. The number of unbranched alkanes of at least 4 members (excludes halogenated alkanes) is 3. The fourth-order valence-electron chi connectivity index (χ4n) is 1.11. The SMILES string of the molecule is CCCC/C=C(\C)CCCC. The number of rotatable bonds is 6. The molecule has 0 rings (SSSR count). The predicted octanol–water partition coefficient (Wildman–Crippen LogP) is 4.31. The minimum Gasteiger partial charge on any atom is -0.0856 e. The van der Waals surface area contributed by atoms with Crippen LogP contribution in [-0.2, 0) is 0 Å². The lowest BCUT2D eigenvalue weighted by atomic mass is 10.1. The molecule has 0 aromatic heterocycles. The van der Waals surface area contributed by atoms with Crippen molar-refractivity contribution < 1.29 is 0 Å². The molecule has 0 saturated carbocycles. The summed E-state index contributed by atoms with van der Waals surface area (Å²) in [6, 6.07) is 0. The van der Waals surface area contributed by atoms with Crippen LogP contribution in [0.1, 0.15) is 59.3 Å². The molecule has 0 spiro atoms. The molecule has 66 valence electrons. The molecule has 0 bridgehead atoms. The predicted molar refractivity (Wildman–Crippen MR) is 52.8 cm³/mol. The van der Waals surface area contributed by atoms with Gasteiger partial charge in [0, 0.05) is 0 Å². The van der Waals surface area contributed by atoms with Crippen molar-refractivity contribution in [3.05, 3.63) is 11.6 Å². The highest BCUT2D eigenvalue weighted by molar-refractivity contribution is 4.97. The molecular formula is C11H22. The van der Waals surface area contributed by atoms with Crippen molar-refractivity contribution in [2.24, 2.45) is 0 Å². The van der Waals surface area contributed by atoms with Gasteiger partial charge in [-0.2, -0.15) is 0 Å². The van der Waals surface area contributed by atoms with Gasteiger partial charge in [-0.05, 0) is 26.2 Å². The molecule has 0 radical (unpaired) electrons. The van der Waals surface area contributed by atoms with Crippen LogP contribution in [0.2, 0.25) is 0 Å². The van der Waals surface area contributed by atoms with E-state index in [-0.39, 0.29) is 0 Å². The number of hydrogen-bond donors (Lipinski definition) is 0. The Hall–Kier alpha value is -0.260. The van der Waals surface area contributed by atoms with Gasteiger partial charge in [0.15, 0.2) is 0 Å². The van der Waals surface area contributed by atoms with Gasteiger partial charge in [-0.1, -0.05) is 44.8 Å². The van der Waals surface area contributed by atoms with E-state index in [0.717, 1.165) is 0 Å². The maximum atomic E-state index is 2.40. The average Bonchev–Trinajstić information content (AvgIpc) is 2.01. The Morgan fingerprint density at radius 2 is 1.73 bits per heavy atom. The zero-order valence-electron chi connectivity index (χ0n) is 8.32. The van der Waals surface area contributed by atoms with Gasteiger partial charge in [0.1, 0.15) is 0 Å². The topological polar surface area (TPSA) is 0 Å². The van der Waals surface area contributed by atoms with E-state index in [1.807, 2.05) is 0 Å². The van der Waals surface area contributed by atoms with E-state index in [2.05, 4.69) is 26.8 Å². The molecule has 0 fully saturated rings. The summed E-state index contributed by atoms with van der Waals surface area (Å²) in [4.78, 5) is 0. The van der Waals surface area contributed by atoms with E-state index in [0.29, 0.717) is 0 Å². The second kappa shape index (κ2) is 7.84. The normalized spacial score (nSPS) is 12.1. The molecule has 0 aliphatic rings. The van der Waals surface area contributed by atoms with Crippen LogP contribution >= 0.6 is 0 Å². The first kappa shape index (κ1) is 10.7. The molecule has 0 N–H and O–H groups in total. The van der Waals surface area contributed by atoms with Gasteiger partial charge in [0.25, 0.3) is 0 Å². The lowest BCUT2D eigenvalue weighted by molar-refractivity contribution is 0.768. The van der Waals surface area contributed by atoms with Crippen LogP contribution in [0, 0.1) is 0 Å². The lowest BCUT2D eigenvalue weighted by Gasteiger charge is -1.98. The Morgan fingerprint density at radius 3 is 2.27 bits per heavy atom. The van der Waals surface area contributed by atoms with Crippen LogP contribution in [0.4, 0.5) is 0 Å². The minimum absolute atomic E-state index is 1.28. The molecule has 0 aromatic carbocycles. The van der Waals surface area contributed by atoms with Crippen molar-refractivity contribution in [1.82, 2.24) is 0 Å². The Bertz CT molecular complexity index is 101. The van der Waals surface area contributed by atoms with E-state index in [1.165, 1.54) is 38.5 Å². The highest BCUT2D eigenvalue weighted by Crippen LogP contribution is 2.08. The molecule has 0 aliphatic heterocycles. The summed E-state index contributed by atoms with van der Waals surface area (Å²) in [5, 5.41) is 0. The Labute approximate surface area is 71.7 Å². The van der Waals surface area contributed by atoms with Crippen LogP contribution in [0.15, 0.2) is 11.6 Å². The Balaban J connectivity index is 3.30. The van der Waals surface area contributed by atoms with E-state index in [4.69, 9.17) is 0 Å². The summed E-state index contributed by atoms with van der Waals surface area (Å²) in [6.45, 7) is 6.75. The van der Waals surface area contributed by atoms with Crippen molar-refractivity contribution >= 4 is 0 Å². The molecule has 0 saturated heterocycles. The summed E-state index contributed by atoms with van der Waals surface area (Å²) in [5.41, 5.74) is 1.58. The summed E-state index contributed by atoms with van der Waals surface area (Å²) in [6.07, 6.45) is 10.3. The van der Waals surface area contributed by atoms with E-state index < -0.39 is 0 Å². The highest BCUT2D eigenvalue weighted by atomic mass is 13.9. The van der Waals surface area contributed by atoms with Gasteiger partial charge in [-0.25, -0.2) is 0 Å². The third-order valence-corrected chi connectivity index (χ3v) is 1.98. The lowest BCUT2D eigenvalue weighted by Crippen LogP contribution is -1.77. The van der Waals surface area contributed by atoms with Gasteiger partial charge in [-0.3, -0.25) is 0 Å². The van der Waals surface area contributed by atoms with Crippen LogP contribution in [-0.4, -0.2) is 0 Å².